The highest BCUT2D eigenvalue weighted by Gasteiger charge is 2.25. The number of hydrogen-bond donors (Lipinski definition) is 2. The maximum atomic E-state index is 10.6. The normalized spacial score (nSPS) is 19.4. The Morgan fingerprint density at radius 1 is 1.10 bits per heavy atom. The van der Waals surface area contributed by atoms with Crippen molar-refractivity contribution >= 4 is 0 Å². The molecule has 1 aromatic rings. The van der Waals surface area contributed by atoms with Crippen molar-refractivity contribution in [3.63, 3.8) is 0 Å². The molecular formula is C18H29NO. The molecule has 1 saturated carbocycles. The maximum absolute atomic E-state index is 10.6. The lowest BCUT2D eigenvalue weighted by Gasteiger charge is -2.29. The van der Waals surface area contributed by atoms with Crippen LogP contribution in [0.1, 0.15) is 70.4 Å². The molecule has 1 aliphatic carbocycles. The van der Waals surface area contributed by atoms with Crippen molar-refractivity contribution in [1.82, 2.24) is 5.32 Å². The summed E-state index contributed by atoms with van der Waals surface area (Å²) in [6.45, 7) is 9.18. The van der Waals surface area contributed by atoms with Gasteiger partial charge >= 0.3 is 0 Å². The van der Waals surface area contributed by atoms with Crippen molar-refractivity contribution in [2.75, 3.05) is 6.54 Å². The second kappa shape index (κ2) is 5.87. The summed E-state index contributed by atoms with van der Waals surface area (Å²) < 4.78 is 0. The van der Waals surface area contributed by atoms with Crippen LogP contribution in [0.4, 0.5) is 0 Å². The molecule has 0 aliphatic heterocycles. The largest absolute Gasteiger partial charge is 0.385 e. The van der Waals surface area contributed by atoms with E-state index < -0.39 is 5.60 Å². The van der Waals surface area contributed by atoms with Crippen molar-refractivity contribution in [3.8, 4) is 0 Å². The first-order valence-corrected chi connectivity index (χ1v) is 7.86. The van der Waals surface area contributed by atoms with E-state index in [9.17, 15) is 5.11 Å². The molecule has 2 rings (SSSR count). The minimum absolute atomic E-state index is 0.101. The summed E-state index contributed by atoms with van der Waals surface area (Å²) in [7, 11) is 0. The molecule has 2 nitrogen and oxygen atoms in total. The van der Waals surface area contributed by atoms with Gasteiger partial charge in [-0.2, -0.15) is 0 Å². The summed E-state index contributed by atoms with van der Waals surface area (Å²) in [5.74, 6) is 0.761. The fourth-order valence-electron chi connectivity index (χ4n) is 2.68. The van der Waals surface area contributed by atoms with E-state index in [4.69, 9.17) is 0 Å². The highest BCUT2D eigenvalue weighted by atomic mass is 16.3. The highest BCUT2D eigenvalue weighted by Crippen LogP contribution is 2.37. The van der Waals surface area contributed by atoms with Crippen LogP contribution < -0.4 is 5.32 Å². The van der Waals surface area contributed by atoms with E-state index in [1.165, 1.54) is 24.8 Å². The van der Waals surface area contributed by atoms with Crippen molar-refractivity contribution < 1.29 is 5.11 Å². The minimum atomic E-state index is -0.754. The van der Waals surface area contributed by atoms with Crippen LogP contribution in [0.25, 0.3) is 0 Å². The molecule has 112 valence electrons. The Hall–Kier alpha value is -0.860. The topological polar surface area (TPSA) is 32.3 Å². The molecule has 0 saturated heterocycles. The third-order valence-corrected chi connectivity index (χ3v) is 4.38. The van der Waals surface area contributed by atoms with Crippen molar-refractivity contribution in [2.24, 2.45) is 0 Å². The van der Waals surface area contributed by atoms with Crippen LogP contribution in [0.3, 0.4) is 0 Å². The maximum Gasteiger partial charge on any atom is 0.0880 e. The van der Waals surface area contributed by atoms with Crippen molar-refractivity contribution in [1.29, 1.82) is 0 Å². The Morgan fingerprint density at radius 3 is 2.15 bits per heavy atom. The van der Waals surface area contributed by atoms with Crippen LogP contribution in [0.2, 0.25) is 0 Å². The van der Waals surface area contributed by atoms with Crippen LogP contribution in [0, 0.1) is 0 Å². The van der Waals surface area contributed by atoms with Gasteiger partial charge in [-0.25, -0.2) is 0 Å². The smallest absolute Gasteiger partial charge is 0.0880 e. The van der Waals surface area contributed by atoms with Gasteiger partial charge in [-0.05, 0) is 70.5 Å². The molecule has 0 radical (unpaired) electrons. The zero-order valence-corrected chi connectivity index (χ0v) is 13.4. The molecule has 0 spiro atoms. The Morgan fingerprint density at radius 2 is 1.70 bits per heavy atom. The molecule has 2 N–H and O–H groups in total. The predicted octanol–water partition coefficient (Wildman–Crippen LogP) is 3.94. The summed E-state index contributed by atoms with van der Waals surface area (Å²) in [6, 6.07) is 8.60. The second-order valence-corrected chi connectivity index (χ2v) is 7.45. The van der Waals surface area contributed by atoms with Gasteiger partial charge in [0.05, 0.1) is 5.60 Å². The molecule has 20 heavy (non-hydrogen) atoms. The van der Waals surface area contributed by atoms with Gasteiger partial charge in [-0.15, -0.1) is 0 Å². The number of rotatable bonds is 5. The molecule has 1 fully saturated rings. The molecule has 1 aromatic carbocycles. The molecule has 0 bridgehead atoms. The van der Waals surface area contributed by atoms with Crippen LogP contribution in [0.15, 0.2) is 24.3 Å². The van der Waals surface area contributed by atoms with E-state index >= 15 is 0 Å². The summed E-state index contributed by atoms with van der Waals surface area (Å²) in [4.78, 5) is 0. The number of nitrogens with one attached hydrogen (secondary N) is 1. The number of hydrogen-bond acceptors (Lipinski definition) is 2. The highest BCUT2D eigenvalue weighted by molar-refractivity contribution is 5.29. The minimum Gasteiger partial charge on any atom is -0.385 e. The molecule has 0 amide bonds. The Kier molecular flexibility index (Phi) is 4.55. The van der Waals surface area contributed by atoms with Gasteiger partial charge in [0.1, 0.15) is 0 Å². The van der Waals surface area contributed by atoms with Crippen LogP contribution in [0.5, 0.6) is 0 Å². The Balaban J connectivity index is 1.94. The summed E-state index contributed by atoms with van der Waals surface area (Å²) in [5.41, 5.74) is 1.81. The molecule has 2 heteroatoms. The SMILES string of the molecule is CC(C)(C)NCCC(C)(O)c1ccc(C2CCC2)cc1. The van der Waals surface area contributed by atoms with Crippen LogP contribution in [-0.2, 0) is 5.60 Å². The van der Waals surface area contributed by atoms with Gasteiger partial charge in [-0.1, -0.05) is 30.7 Å². The summed E-state index contributed by atoms with van der Waals surface area (Å²) in [6.07, 6.45) is 4.74. The lowest BCUT2D eigenvalue weighted by molar-refractivity contribution is 0.0463. The fourth-order valence-corrected chi connectivity index (χ4v) is 2.68. The van der Waals surface area contributed by atoms with Gasteiger partial charge < -0.3 is 10.4 Å². The van der Waals surface area contributed by atoms with Crippen molar-refractivity contribution in [2.45, 2.75) is 70.4 Å². The van der Waals surface area contributed by atoms with E-state index in [2.05, 4.69) is 50.4 Å². The molecule has 0 aromatic heterocycles. The lowest BCUT2D eigenvalue weighted by atomic mass is 9.79. The summed E-state index contributed by atoms with van der Waals surface area (Å²) >= 11 is 0. The van der Waals surface area contributed by atoms with E-state index in [1.54, 1.807) is 0 Å². The number of benzene rings is 1. The van der Waals surface area contributed by atoms with E-state index in [0.29, 0.717) is 0 Å². The fraction of sp³-hybridized carbons (Fsp3) is 0.667. The molecule has 1 unspecified atom stereocenters. The lowest BCUT2D eigenvalue weighted by Crippen LogP contribution is -2.39. The quantitative estimate of drug-likeness (QED) is 0.853. The summed E-state index contributed by atoms with van der Waals surface area (Å²) in [5, 5.41) is 14.1. The Labute approximate surface area is 123 Å². The standard InChI is InChI=1S/C18H29NO/c1-17(2,3)19-13-12-18(4,20)16-10-8-15(9-11-16)14-6-5-7-14/h8-11,14,19-20H,5-7,12-13H2,1-4H3. The van der Waals surface area contributed by atoms with Gasteiger partial charge in [0.2, 0.25) is 0 Å². The predicted molar refractivity (Wildman–Crippen MR) is 85.0 cm³/mol. The first-order chi connectivity index (χ1) is 9.28. The van der Waals surface area contributed by atoms with E-state index in [-0.39, 0.29) is 5.54 Å². The first kappa shape index (κ1) is 15.5. The average molecular weight is 275 g/mol. The average Bonchev–Trinajstić information content (AvgIpc) is 2.25. The van der Waals surface area contributed by atoms with Gasteiger partial charge in [0.25, 0.3) is 0 Å². The van der Waals surface area contributed by atoms with Gasteiger partial charge in [0, 0.05) is 5.54 Å². The zero-order chi connectivity index (χ0) is 14.8. The van der Waals surface area contributed by atoms with Crippen molar-refractivity contribution in [3.05, 3.63) is 35.4 Å². The van der Waals surface area contributed by atoms with E-state index in [0.717, 1.165) is 24.4 Å². The third-order valence-electron chi connectivity index (χ3n) is 4.38. The zero-order valence-electron chi connectivity index (χ0n) is 13.4. The molecule has 1 atom stereocenters. The third kappa shape index (κ3) is 4.07. The van der Waals surface area contributed by atoms with Gasteiger partial charge in [0.15, 0.2) is 0 Å². The second-order valence-electron chi connectivity index (χ2n) is 7.45. The van der Waals surface area contributed by atoms with Gasteiger partial charge in [-0.3, -0.25) is 0 Å². The molecule has 1 aliphatic rings. The monoisotopic (exact) mass is 275 g/mol. The molecular weight excluding hydrogens is 246 g/mol. The van der Waals surface area contributed by atoms with Crippen LogP contribution in [-0.4, -0.2) is 17.2 Å². The molecule has 0 heterocycles. The first-order valence-electron chi connectivity index (χ1n) is 7.86. The Bertz CT molecular complexity index is 424. The van der Waals surface area contributed by atoms with E-state index in [1.807, 2.05) is 6.92 Å². The number of aliphatic hydroxyl groups is 1. The van der Waals surface area contributed by atoms with Crippen LogP contribution >= 0.6 is 0 Å².